The third kappa shape index (κ3) is 4.31. The zero-order valence-electron chi connectivity index (χ0n) is 17.0. The molecule has 2 fully saturated rings. The van der Waals surface area contributed by atoms with E-state index in [0.29, 0.717) is 18.5 Å². The van der Waals surface area contributed by atoms with Gasteiger partial charge in [0.05, 0.1) is 17.1 Å². The van der Waals surface area contributed by atoms with Crippen molar-refractivity contribution >= 4 is 17.2 Å². The number of rotatable bonds is 4. The van der Waals surface area contributed by atoms with Crippen molar-refractivity contribution < 1.29 is 4.79 Å². The highest BCUT2D eigenvalue weighted by molar-refractivity contribution is 7.09. The van der Waals surface area contributed by atoms with E-state index in [0.717, 1.165) is 36.5 Å². The number of thiazole rings is 1. The van der Waals surface area contributed by atoms with Crippen LogP contribution in [0.3, 0.4) is 0 Å². The van der Waals surface area contributed by atoms with Crippen molar-refractivity contribution in [2.45, 2.75) is 70.0 Å². The van der Waals surface area contributed by atoms with Crippen molar-refractivity contribution in [2.24, 2.45) is 0 Å². The average molecular weight is 398 g/mol. The van der Waals surface area contributed by atoms with E-state index in [1.54, 1.807) is 11.3 Å². The van der Waals surface area contributed by atoms with E-state index in [-0.39, 0.29) is 11.9 Å². The highest BCUT2D eigenvalue weighted by Crippen LogP contribution is 2.35. The quantitative estimate of drug-likeness (QED) is 0.780. The van der Waals surface area contributed by atoms with Gasteiger partial charge in [0, 0.05) is 23.5 Å². The summed E-state index contributed by atoms with van der Waals surface area (Å²) in [5.74, 6) is 0.257. The first-order valence-corrected chi connectivity index (χ1v) is 11.5. The Morgan fingerprint density at radius 2 is 2.00 bits per heavy atom. The molecule has 0 radical (unpaired) electrons. The van der Waals surface area contributed by atoms with Crippen LogP contribution in [0.5, 0.6) is 0 Å². The molecule has 0 spiro atoms. The summed E-state index contributed by atoms with van der Waals surface area (Å²) in [6.45, 7) is 3.15. The Hall–Kier alpha value is -1.72. The molecule has 0 N–H and O–H groups in total. The van der Waals surface area contributed by atoms with E-state index < -0.39 is 0 Å². The van der Waals surface area contributed by atoms with Gasteiger partial charge in [0.2, 0.25) is 5.91 Å². The fraction of sp³-hybridized carbons (Fsp3) is 0.565. The van der Waals surface area contributed by atoms with Gasteiger partial charge in [-0.15, -0.1) is 11.3 Å². The fourth-order valence-electron chi connectivity index (χ4n) is 5.06. The Labute approximate surface area is 172 Å². The number of hydrogen-bond donors (Lipinski definition) is 0. The van der Waals surface area contributed by atoms with E-state index in [1.165, 1.54) is 24.8 Å². The van der Waals surface area contributed by atoms with E-state index in [4.69, 9.17) is 0 Å². The largest absolute Gasteiger partial charge is 0.334 e. The number of amides is 1. The van der Waals surface area contributed by atoms with Crippen LogP contribution in [-0.4, -0.2) is 52.4 Å². The van der Waals surface area contributed by atoms with Gasteiger partial charge >= 0.3 is 0 Å². The number of aromatic nitrogens is 1. The minimum Gasteiger partial charge on any atom is -0.334 e. The highest BCUT2D eigenvalue weighted by atomic mass is 32.1. The van der Waals surface area contributed by atoms with Crippen molar-refractivity contribution in [2.75, 3.05) is 13.6 Å². The first kappa shape index (κ1) is 19.6. The lowest BCUT2D eigenvalue weighted by atomic mass is 9.96. The second kappa shape index (κ2) is 8.75. The van der Waals surface area contributed by atoms with Crippen LogP contribution in [-0.2, 0) is 17.6 Å². The monoisotopic (exact) mass is 397 g/mol. The first-order valence-electron chi connectivity index (χ1n) is 10.6. The van der Waals surface area contributed by atoms with Crippen LogP contribution in [0.4, 0.5) is 0 Å². The van der Waals surface area contributed by atoms with Crippen LogP contribution in [0.25, 0.3) is 0 Å². The standard InChI is InChI=1S/C23H31N3OS/c1-17-24-19(16-28-17)14-23(27)26-20(13-18-9-5-3-6-10-18)15-22-21(26)11-7-4-8-12-25(22)2/h3,5-6,9-10,16,20-22H,4,7-8,11-15H2,1-2H3/t20-,21-,22+/m1/s1. The molecule has 4 nitrogen and oxygen atoms in total. The number of benzene rings is 1. The molecule has 4 rings (SSSR count). The van der Waals surface area contributed by atoms with Crippen LogP contribution in [0, 0.1) is 6.92 Å². The molecule has 28 heavy (non-hydrogen) atoms. The van der Waals surface area contributed by atoms with Crippen LogP contribution < -0.4 is 0 Å². The Balaban J connectivity index is 1.59. The summed E-state index contributed by atoms with van der Waals surface area (Å²) in [4.78, 5) is 22.8. The third-order valence-corrected chi connectivity index (χ3v) is 7.21. The number of likely N-dealkylation sites (tertiary alicyclic amines) is 2. The topological polar surface area (TPSA) is 36.4 Å². The predicted octanol–water partition coefficient (Wildman–Crippen LogP) is 4.08. The van der Waals surface area contributed by atoms with Gasteiger partial charge in [-0.3, -0.25) is 4.79 Å². The smallest absolute Gasteiger partial charge is 0.229 e. The molecule has 0 unspecified atom stereocenters. The summed E-state index contributed by atoms with van der Waals surface area (Å²) in [5, 5.41) is 3.07. The summed E-state index contributed by atoms with van der Waals surface area (Å²) in [6.07, 6.45) is 7.36. The molecular formula is C23H31N3OS. The van der Waals surface area contributed by atoms with Gasteiger partial charge in [-0.25, -0.2) is 4.98 Å². The molecule has 2 aliphatic heterocycles. The number of likely N-dealkylation sites (N-methyl/N-ethyl adjacent to an activating group) is 1. The number of carbonyl (C=O) groups excluding carboxylic acids is 1. The maximum atomic E-state index is 13.5. The zero-order valence-corrected chi connectivity index (χ0v) is 17.8. The average Bonchev–Trinajstić information content (AvgIpc) is 3.24. The summed E-state index contributed by atoms with van der Waals surface area (Å²) >= 11 is 1.63. The molecule has 2 saturated heterocycles. The van der Waals surface area contributed by atoms with Gasteiger partial charge in [-0.05, 0) is 51.8 Å². The Kier molecular flexibility index (Phi) is 6.12. The van der Waals surface area contributed by atoms with Crippen LogP contribution in [0.1, 0.15) is 48.4 Å². The van der Waals surface area contributed by atoms with Crippen molar-refractivity contribution in [3.05, 3.63) is 52.0 Å². The van der Waals surface area contributed by atoms with E-state index >= 15 is 0 Å². The number of aryl methyl sites for hydroxylation is 1. The summed E-state index contributed by atoms with van der Waals surface area (Å²) < 4.78 is 0. The molecule has 1 aromatic heterocycles. The number of fused-ring (bicyclic) bond motifs is 1. The van der Waals surface area contributed by atoms with Crippen LogP contribution in [0.15, 0.2) is 35.7 Å². The molecule has 0 bridgehead atoms. The molecule has 3 heterocycles. The van der Waals surface area contributed by atoms with Gasteiger partial charge in [0.1, 0.15) is 0 Å². The van der Waals surface area contributed by atoms with Crippen molar-refractivity contribution in [1.29, 1.82) is 0 Å². The number of hydrogen-bond acceptors (Lipinski definition) is 4. The number of carbonyl (C=O) groups is 1. The SMILES string of the molecule is Cc1nc(CC(=O)N2[C@H](Cc3ccccc3)C[C@H]3[C@H]2CCCCCN3C)cs1. The zero-order chi connectivity index (χ0) is 19.5. The fourth-order valence-corrected chi connectivity index (χ4v) is 5.67. The summed E-state index contributed by atoms with van der Waals surface area (Å²) in [6, 6.07) is 11.8. The van der Waals surface area contributed by atoms with Gasteiger partial charge in [0.25, 0.3) is 0 Å². The molecular weight excluding hydrogens is 366 g/mol. The minimum atomic E-state index is 0.257. The van der Waals surface area contributed by atoms with Gasteiger partial charge in [-0.2, -0.15) is 0 Å². The van der Waals surface area contributed by atoms with E-state index in [1.807, 2.05) is 12.3 Å². The normalized spacial score (nSPS) is 25.9. The maximum absolute atomic E-state index is 13.5. The highest BCUT2D eigenvalue weighted by Gasteiger charge is 2.45. The van der Waals surface area contributed by atoms with Gasteiger partial charge in [0.15, 0.2) is 0 Å². The Morgan fingerprint density at radius 3 is 2.75 bits per heavy atom. The van der Waals surface area contributed by atoms with Crippen LogP contribution >= 0.6 is 11.3 Å². The molecule has 2 aliphatic rings. The second-order valence-electron chi connectivity index (χ2n) is 8.38. The number of nitrogens with zero attached hydrogens (tertiary/aromatic N) is 3. The molecule has 1 aromatic carbocycles. The van der Waals surface area contributed by atoms with Crippen molar-refractivity contribution in [1.82, 2.24) is 14.8 Å². The maximum Gasteiger partial charge on any atom is 0.229 e. The first-order chi connectivity index (χ1) is 13.6. The Morgan fingerprint density at radius 1 is 1.18 bits per heavy atom. The van der Waals surface area contributed by atoms with E-state index in [2.05, 4.69) is 52.2 Å². The summed E-state index contributed by atoms with van der Waals surface area (Å²) in [5.41, 5.74) is 2.25. The predicted molar refractivity (Wildman–Crippen MR) is 115 cm³/mol. The Bertz CT molecular complexity index is 790. The molecule has 2 aromatic rings. The van der Waals surface area contributed by atoms with Gasteiger partial charge < -0.3 is 9.80 Å². The second-order valence-corrected chi connectivity index (χ2v) is 9.44. The lowest BCUT2D eigenvalue weighted by Crippen LogP contribution is -2.48. The van der Waals surface area contributed by atoms with Gasteiger partial charge in [-0.1, -0.05) is 43.2 Å². The molecule has 150 valence electrons. The molecule has 0 aliphatic carbocycles. The molecule has 3 atom stereocenters. The van der Waals surface area contributed by atoms with E-state index in [9.17, 15) is 4.79 Å². The molecule has 0 saturated carbocycles. The lowest BCUT2D eigenvalue weighted by molar-refractivity contribution is -0.134. The third-order valence-electron chi connectivity index (χ3n) is 6.39. The summed E-state index contributed by atoms with van der Waals surface area (Å²) in [7, 11) is 2.25. The molecule has 5 heteroatoms. The molecule has 1 amide bonds. The van der Waals surface area contributed by atoms with Crippen LogP contribution in [0.2, 0.25) is 0 Å². The lowest BCUT2D eigenvalue weighted by Gasteiger charge is -2.36. The minimum absolute atomic E-state index is 0.257. The van der Waals surface area contributed by atoms with Crippen molar-refractivity contribution in [3.8, 4) is 0 Å². The van der Waals surface area contributed by atoms with Crippen molar-refractivity contribution in [3.63, 3.8) is 0 Å².